The van der Waals surface area contributed by atoms with Crippen molar-refractivity contribution in [2.24, 2.45) is 0 Å². The van der Waals surface area contributed by atoms with Crippen LogP contribution in [0.4, 0.5) is 0 Å². The number of rotatable bonds is 7. The van der Waals surface area contributed by atoms with Crippen molar-refractivity contribution in [2.45, 2.75) is 0 Å². The Hall–Kier alpha value is -8.20. The fraction of sp³-hybridized carbons (Fsp3) is 0. The van der Waals surface area contributed by atoms with Crippen LogP contribution in [0.25, 0.3) is 116 Å². The second-order valence-electron chi connectivity index (χ2n) is 16.1. The first kappa shape index (κ1) is 35.7. The maximum absolute atomic E-state index is 6.24. The molecule has 0 unspecified atom stereocenters. The lowest BCUT2D eigenvalue weighted by Gasteiger charge is -2.15. The Morgan fingerprint density at radius 2 is 0.661 bits per heavy atom. The quantitative estimate of drug-likeness (QED) is 0.157. The molecule has 0 N–H and O–H groups in total. The molecule has 62 heavy (non-hydrogen) atoms. The fourth-order valence-electron chi connectivity index (χ4n) is 9.37. The number of nitrogens with zero attached hydrogens (tertiary/aromatic N) is 1. The van der Waals surface area contributed by atoms with Gasteiger partial charge in [-0.1, -0.05) is 194 Å². The van der Waals surface area contributed by atoms with Crippen molar-refractivity contribution < 1.29 is 4.42 Å². The third-order valence-electron chi connectivity index (χ3n) is 12.5. The third kappa shape index (κ3) is 6.12. The predicted octanol–water partition coefficient (Wildman–Crippen LogP) is 16.7. The van der Waals surface area contributed by atoms with Crippen LogP contribution in [-0.2, 0) is 0 Å². The molecule has 0 atom stereocenters. The number of hydrogen-bond donors (Lipinski definition) is 0. The molecular weight excluding hydrogens is 751 g/mol. The highest BCUT2D eigenvalue weighted by Gasteiger charge is 2.18. The van der Waals surface area contributed by atoms with E-state index in [2.05, 4.69) is 229 Å². The molecule has 12 rings (SSSR count). The number of hydrogen-bond acceptors (Lipinski definition) is 1. The zero-order valence-corrected chi connectivity index (χ0v) is 33.9. The summed E-state index contributed by atoms with van der Waals surface area (Å²) < 4.78 is 8.69. The minimum atomic E-state index is 0.907. The Kier molecular flexibility index (Phi) is 8.53. The van der Waals surface area contributed by atoms with Crippen molar-refractivity contribution >= 4 is 43.7 Å². The molecule has 0 aliphatic rings. The highest BCUT2D eigenvalue weighted by molar-refractivity contribution is 6.13. The van der Waals surface area contributed by atoms with Gasteiger partial charge in [0.1, 0.15) is 11.2 Å². The SMILES string of the molecule is c1ccc(-c2ccc(-c3ccc4c(c3)c3cc(-c5ccc(-c6ccccc6)cc5)ccc3n4-c3ccccc3-c3ccc(-c4cccc5oc6ccccc6c45)cc3)cc2)cc1. The Bertz CT molecular complexity index is 3440. The van der Waals surface area contributed by atoms with E-state index in [0.717, 1.165) is 38.8 Å². The molecule has 0 bridgehead atoms. The molecule has 2 heterocycles. The molecule has 0 fully saturated rings. The number of benzene rings is 10. The summed E-state index contributed by atoms with van der Waals surface area (Å²) in [6.07, 6.45) is 0. The maximum Gasteiger partial charge on any atom is 0.136 e. The van der Waals surface area contributed by atoms with Crippen molar-refractivity contribution in [3.8, 4) is 72.4 Å². The molecule has 0 aliphatic carbocycles. The lowest BCUT2D eigenvalue weighted by atomic mass is 9.96. The van der Waals surface area contributed by atoms with E-state index in [4.69, 9.17) is 4.42 Å². The van der Waals surface area contributed by atoms with E-state index < -0.39 is 0 Å². The van der Waals surface area contributed by atoms with Crippen LogP contribution < -0.4 is 0 Å². The summed E-state index contributed by atoms with van der Waals surface area (Å²) in [5.41, 5.74) is 19.6. The lowest BCUT2D eigenvalue weighted by molar-refractivity contribution is 0.669. The molecule has 12 aromatic rings. The summed E-state index contributed by atoms with van der Waals surface area (Å²) in [4.78, 5) is 0. The molecule has 0 spiro atoms. The topological polar surface area (TPSA) is 18.1 Å². The molecule has 0 amide bonds. The van der Waals surface area contributed by atoms with Gasteiger partial charge in [-0.05, 0) is 104 Å². The monoisotopic (exact) mass is 789 g/mol. The van der Waals surface area contributed by atoms with E-state index in [1.165, 1.54) is 77.4 Å². The van der Waals surface area contributed by atoms with Crippen LogP contribution in [0, 0.1) is 0 Å². The zero-order chi connectivity index (χ0) is 41.0. The van der Waals surface area contributed by atoms with E-state index >= 15 is 0 Å². The Morgan fingerprint density at radius 1 is 0.258 bits per heavy atom. The summed E-state index contributed by atoms with van der Waals surface area (Å²) in [6, 6.07) is 85.5. The van der Waals surface area contributed by atoms with Gasteiger partial charge in [0.15, 0.2) is 0 Å². The van der Waals surface area contributed by atoms with Gasteiger partial charge in [0.2, 0.25) is 0 Å². The summed E-state index contributed by atoms with van der Waals surface area (Å²) in [7, 11) is 0. The fourth-order valence-corrected chi connectivity index (χ4v) is 9.37. The summed E-state index contributed by atoms with van der Waals surface area (Å²) in [6.45, 7) is 0. The molecule has 10 aromatic carbocycles. The molecule has 2 heteroatoms. The summed E-state index contributed by atoms with van der Waals surface area (Å²) in [5.74, 6) is 0. The van der Waals surface area contributed by atoms with Gasteiger partial charge >= 0.3 is 0 Å². The summed E-state index contributed by atoms with van der Waals surface area (Å²) >= 11 is 0. The van der Waals surface area contributed by atoms with Gasteiger partial charge in [-0.15, -0.1) is 0 Å². The predicted molar refractivity (Wildman–Crippen MR) is 261 cm³/mol. The number of fused-ring (bicyclic) bond motifs is 6. The Labute approximate surface area is 360 Å². The van der Waals surface area contributed by atoms with Crippen LogP contribution in [0.5, 0.6) is 0 Å². The molecule has 2 nitrogen and oxygen atoms in total. The average Bonchev–Trinajstić information content (AvgIpc) is 3.90. The van der Waals surface area contributed by atoms with Gasteiger partial charge < -0.3 is 8.98 Å². The van der Waals surface area contributed by atoms with Gasteiger partial charge in [0.05, 0.1) is 16.7 Å². The van der Waals surface area contributed by atoms with Crippen molar-refractivity contribution in [2.75, 3.05) is 0 Å². The van der Waals surface area contributed by atoms with E-state index in [9.17, 15) is 0 Å². The van der Waals surface area contributed by atoms with E-state index in [0.29, 0.717) is 0 Å². The maximum atomic E-state index is 6.24. The normalized spacial score (nSPS) is 11.5. The first-order valence-corrected chi connectivity index (χ1v) is 21.2. The molecule has 0 saturated carbocycles. The van der Waals surface area contributed by atoms with Crippen molar-refractivity contribution in [3.05, 3.63) is 237 Å². The van der Waals surface area contributed by atoms with Crippen LogP contribution in [-0.4, -0.2) is 4.57 Å². The van der Waals surface area contributed by atoms with Gasteiger partial charge in [-0.25, -0.2) is 0 Å². The van der Waals surface area contributed by atoms with Gasteiger partial charge in [-0.3, -0.25) is 0 Å². The van der Waals surface area contributed by atoms with Crippen LogP contribution in [0.1, 0.15) is 0 Å². The standard InChI is InChI=1S/C60H39NO/c1-3-12-40(13-4-1)42-22-26-44(27-23-42)48-34-36-56-53(38-48)54-39-49(45-28-24-43(25-29-45)41-14-5-2-6-15-41)35-37-57(54)61(56)55-19-9-7-16-50(55)46-30-32-47(33-31-46)51-18-11-21-59-60(51)52-17-8-10-20-58(52)62-59/h1-39H. The average molecular weight is 790 g/mol. The minimum absolute atomic E-state index is 0.907. The molecule has 0 saturated heterocycles. The van der Waals surface area contributed by atoms with Crippen LogP contribution >= 0.6 is 0 Å². The van der Waals surface area contributed by atoms with Crippen molar-refractivity contribution in [3.63, 3.8) is 0 Å². The van der Waals surface area contributed by atoms with E-state index in [-0.39, 0.29) is 0 Å². The van der Waals surface area contributed by atoms with E-state index in [1.807, 2.05) is 12.1 Å². The summed E-state index contributed by atoms with van der Waals surface area (Å²) in [5, 5.41) is 4.73. The molecular formula is C60H39NO. The molecule has 0 aliphatic heterocycles. The smallest absolute Gasteiger partial charge is 0.136 e. The number of para-hydroxylation sites is 2. The first-order chi connectivity index (χ1) is 30.7. The van der Waals surface area contributed by atoms with Crippen LogP contribution in [0.15, 0.2) is 241 Å². The highest BCUT2D eigenvalue weighted by atomic mass is 16.3. The highest BCUT2D eigenvalue weighted by Crippen LogP contribution is 2.42. The minimum Gasteiger partial charge on any atom is -0.456 e. The number of furan rings is 1. The number of aromatic nitrogens is 1. The van der Waals surface area contributed by atoms with Gasteiger partial charge in [0, 0.05) is 27.1 Å². The zero-order valence-electron chi connectivity index (χ0n) is 33.9. The lowest BCUT2D eigenvalue weighted by Crippen LogP contribution is -1.97. The van der Waals surface area contributed by atoms with Crippen LogP contribution in [0.2, 0.25) is 0 Å². The van der Waals surface area contributed by atoms with Crippen molar-refractivity contribution in [1.29, 1.82) is 0 Å². The Balaban J connectivity index is 0.988. The third-order valence-corrected chi connectivity index (χ3v) is 12.5. The second kappa shape index (κ2) is 14.8. The van der Waals surface area contributed by atoms with E-state index in [1.54, 1.807) is 0 Å². The van der Waals surface area contributed by atoms with Gasteiger partial charge in [0.25, 0.3) is 0 Å². The van der Waals surface area contributed by atoms with Gasteiger partial charge in [-0.2, -0.15) is 0 Å². The van der Waals surface area contributed by atoms with Crippen LogP contribution in [0.3, 0.4) is 0 Å². The Morgan fingerprint density at radius 3 is 1.24 bits per heavy atom. The molecule has 0 radical (unpaired) electrons. The molecule has 2 aromatic heterocycles. The first-order valence-electron chi connectivity index (χ1n) is 21.2. The largest absolute Gasteiger partial charge is 0.456 e. The molecule has 290 valence electrons. The van der Waals surface area contributed by atoms with Crippen molar-refractivity contribution in [1.82, 2.24) is 4.57 Å². The second-order valence-corrected chi connectivity index (χ2v) is 16.1.